The Kier molecular flexibility index (Phi) is 5.46. The fourth-order valence-corrected chi connectivity index (χ4v) is 6.56. The molecule has 1 saturated heterocycles. The molecule has 1 fully saturated rings. The van der Waals surface area contributed by atoms with Crippen molar-refractivity contribution in [2.75, 3.05) is 6.54 Å². The van der Waals surface area contributed by atoms with E-state index in [4.69, 9.17) is 0 Å². The maximum atomic E-state index is 13.0. The van der Waals surface area contributed by atoms with Gasteiger partial charge in [-0.25, -0.2) is 8.42 Å². The molecule has 120 valence electrons. The highest BCUT2D eigenvalue weighted by atomic mass is 32.2. The van der Waals surface area contributed by atoms with Gasteiger partial charge in [0.15, 0.2) is 0 Å². The van der Waals surface area contributed by atoms with Gasteiger partial charge in [-0.1, -0.05) is 13.3 Å². The van der Waals surface area contributed by atoms with Gasteiger partial charge in [0.25, 0.3) is 0 Å². The first-order chi connectivity index (χ1) is 9.87. The fourth-order valence-electron chi connectivity index (χ4n) is 3.10. The van der Waals surface area contributed by atoms with Gasteiger partial charge in [0.2, 0.25) is 10.0 Å². The molecule has 2 rings (SSSR count). The minimum atomic E-state index is -3.38. The van der Waals surface area contributed by atoms with Crippen LogP contribution in [0.25, 0.3) is 0 Å². The number of nitrogens with zero attached hydrogens (tertiary/aromatic N) is 1. The van der Waals surface area contributed by atoms with Gasteiger partial charge >= 0.3 is 0 Å². The van der Waals surface area contributed by atoms with Crippen LogP contribution in [0.3, 0.4) is 0 Å². The highest BCUT2D eigenvalue weighted by Gasteiger charge is 2.37. The predicted octanol–water partition coefficient (Wildman–Crippen LogP) is 3.12. The van der Waals surface area contributed by atoms with Gasteiger partial charge in [-0.15, -0.1) is 11.3 Å². The van der Waals surface area contributed by atoms with Gasteiger partial charge in [0.05, 0.1) is 4.90 Å². The summed E-state index contributed by atoms with van der Waals surface area (Å²) in [6, 6.07) is 2.04. The molecular formula is C15H26N2O2S2. The molecule has 1 aromatic rings. The second-order valence-corrected chi connectivity index (χ2v) is 9.03. The lowest BCUT2D eigenvalue weighted by molar-refractivity contribution is 0.204. The van der Waals surface area contributed by atoms with E-state index in [2.05, 4.69) is 12.2 Å². The van der Waals surface area contributed by atoms with Crippen molar-refractivity contribution >= 4 is 21.4 Å². The predicted molar refractivity (Wildman–Crippen MR) is 88.2 cm³/mol. The monoisotopic (exact) mass is 330 g/mol. The van der Waals surface area contributed by atoms with Crippen LogP contribution in [-0.4, -0.2) is 31.4 Å². The molecule has 1 aromatic heterocycles. The Labute approximate surface area is 132 Å². The Bertz CT molecular complexity index is 570. The van der Waals surface area contributed by atoms with E-state index in [0.29, 0.717) is 4.90 Å². The molecule has 0 radical (unpaired) electrons. The number of hydrogen-bond donors (Lipinski definition) is 1. The zero-order valence-corrected chi connectivity index (χ0v) is 15.0. The minimum Gasteiger partial charge on any atom is -0.312 e. The van der Waals surface area contributed by atoms with Crippen molar-refractivity contribution in [2.45, 2.75) is 70.5 Å². The van der Waals surface area contributed by atoms with Crippen molar-refractivity contribution < 1.29 is 8.42 Å². The SMILES string of the molecule is CCNCc1cc(S(=O)(=O)N2[C@H](C)CCC[C@@H]2C)c(C)s1. The lowest BCUT2D eigenvalue weighted by atomic mass is 10.0. The fraction of sp³-hybridized carbons (Fsp3) is 0.733. The maximum Gasteiger partial charge on any atom is 0.244 e. The summed E-state index contributed by atoms with van der Waals surface area (Å²) in [6.45, 7) is 9.63. The summed E-state index contributed by atoms with van der Waals surface area (Å²) in [5, 5.41) is 3.26. The van der Waals surface area contributed by atoms with Crippen LogP contribution in [0.1, 0.15) is 49.8 Å². The van der Waals surface area contributed by atoms with E-state index in [0.717, 1.165) is 42.1 Å². The third-order valence-electron chi connectivity index (χ3n) is 4.14. The number of rotatable bonds is 5. The van der Waals surface area contributed by atoms with Crippen molar-refractivity contribution in [3.05, 3.63) is 15.8 Å². The van der Waals surface area contributed by atoms with E-state index in [9.17, 15) is 8.42 Å². The van der Waals surface area contributed by atoms with Crippen LogP contribution >= 0.6 is 11.3 Å². The Morgan fingerprint density at radius 1 is 1.33 bits per heavy atom. The summed E-state index contributed by atoms with van der Waals surface area (Å²) >= 11 is 1.58. The van der Waals surface area contributed by atoms with Crippen molar-refractivity contribution in [2.24, 2.45) is 0 Å². The van der Waals surface area contributed by atoms with Crippen molar-refractivity contribution in [1.82, 2.24) is 9.62 Å². The normalized spacial score (nSPS) is 24.4. The molecule has 0 spiro atoms. The number of aryl methyl sites for hydroxylation is 1. The topological polar surface area (TPSA) is 49.4 Å². The smallest absolute Gasteiger partial charge is 0.244 e. The first-order valence-electron chi connectivity index (χ1n) is 7.71. The highest BCUT2D eigenvalue weighted by Crippen LogP contribution is 2.33. The van der Waals surface area contributed by atoms with Gasteiger partial charge in [-0.3, -0.25) is 0 Å². The molecule has 0 bridgehead atoms. The Morgan fingerprint density at radius 3 is 2.52 bits per heavy atom. The van der Waals surface area contributed by atoms with E-state index in [-0.39, 0.29) is 12.1 Å². The standard InChI is InChI=1S/C15H26N2O2S2/c1-5-16-10-14-9-15(13(4)20-14)21(18,19)17-11(2)7-6-8-12(17)3/h9,11-12,16H,5-8,10H2,1-4H3/t11-,12+. The van der Waals surface area contributed by atoms with E-state index >= 15 is 0 Å². The Balaban J connectivity index is 2.32. The molecule has 0 aliphatic carbocycles. The van der Waals surface area contributed by atoms with Gasteiger partial charge < -0.3 is 5.32 Å². The van der Waals surface area contributed by atoms with Crippen molar-refractivity contribution in [3.63, 3.8) is 0 Å². The lowest BCUT2D eigenvalue weighted by Crippen LogP contribution is -2.47. The molecule has 1 aliphatic rings. The molecule has 0 unspecified atom stereocenters. The average molecular weight is 331 g/mol. The molecule has 4 nitrogen and oxygen atoms in total. The summed E-state index contributed by atoms with van der Waals surface area (Å²) in [6.07, 6.45) is 3.02. The largest absolute Gasteiger partial charge is 0.312 e. The molecule has 2 heterocycles. The van der Waals surface area contributed by atoms with Crippen LogP contribution in [0, 0.1) is 6.92 Å². The van der Waals surface area contributed by atoms with Crippen molar-refractivity contribution in [1.29, 1.82) is 0 Å². The van der Waals surface area contributed by atoms with Gasteiger partial charge in [0, 0.05) is 28.4 Å². The van der Waals surface area contributed by atoms with E-state index in [1.807, 2.05) is 26.8 Å². The summed E-state index contributed by atoms with van der Waals surface area (Å²) in [5.41, 5.74) is 0. The molecular weight excluding hydrogens is 304 g/mol. The van der Waals surface area contributed by atoms with Crippen LogP contribution in [0.2, 0.25) is 0 Å². The first kappa shape index (κ1) is 16.9. The number of thiophene rings is 1. The molecule has 21 heavy (non-hydrogen) atoms. The second-order valence-electron chi connectivity index (χ2n) is 5.88. The van der Waals surface area contributed by atoms with Crippen molar-refractivity contribution in [3.8, 4) is 0 Å². The summed E-state index contributed by atoms with van der Waals surface area (Å²) < 4.78 is 27.8. The summed E-state index contributed by atoms with van der Waals surface area (Å²) in [5.74, 6) is 0. The summed E-state index contributed by atoms with van der Waals surface area (Å²) in [7, 11) is -3.38. The number of sulfonamides is 1. The average Bonchev–Trinajstić information content (AvgIpc) is 2.78. The molecule has 0 saturated carbocycles. The van der Waals surface area contributed by atoms with Crippen LogP contribution < -0.4 is 5.32 Å². The Morgan fingerprint density at radius 2 is 1.95 bits per heavy atom. The number of hydrogen-bond acceptors (Lipinski definition) is 4. The molecule has 0 amide bonds. The first-order valence-corrected chi connectivity index (χ1v) is 9.97. The van der Waals surface area contributed by atoms with Gasteiger partial charge in [-0.2, -0.15) is 4.31 Å². The maximum absolute atomic E-state index is 13.0. The molecule has 1 aliphatic heterocycles. The van der Waals surface area contributed by atoms with Gasteiger partial charge in [-0.05, 0) is 46.2 Å². The highest BCUT2D eigenvalue weighted by molar-refractivity contribution is 7.89. The van der Waals surface area contributed by atoms with E-state index < -0.39 is 10.0 Å². The van der Waals surface area contributed by atoms with Crippen LogP contribution in [0.15, 0.2) is 11.0 Å². The molecule has 1 N–H and O–H groups in total. The van der Waals surface area contributed by atoms with Gasteiger partial charge in [0.1, 0.15) is 0 Å². The van der Waals surface area contributed by atoms with E-state index in [1.165, 1.54) is 0 Å². The Hall–Kier alpha value is -0.430. The zero-order valence-electron chi connectivity index (χ0n) is 13.3. The number of nitrogens with one attached hydrogen (secondary N) is 1. The third-order valence-corrected chi connectivity index (χ3v) is 7.57. The molecule has 6 heteroatoms. The third kappa shape index (κ3) is 3.50. The molecule has 0 aromatic carbocycles. The lowest BCUT2D eigenvalue weighted by Gasteiger charge is -2.37. The minimum absolute atomic E-state index is 0.0928. The van der Waals surface area contributed by atoms with Crippen LogP contribution in [0.5, 0.6) is 0 Å². The quantitative estimate of drug-likeness (QED) is 0.902. The van der Waals surface area contributed by atoms with Crippen LogP contribution in [-0.2, 0) is 16.6 Å². The van der Waals surface area contributed by atoms with Crippen LogP contribution in [0.4, 0.5) is 0 Å². The number of piperidine rings is 1. The zero-order chi connectivity index (χ0) is 15.6. The summed E-state index contributed by atoms with van der Waals surface area (Å²) in [4.78, 5) is 2.49. The molecule has 2 atom stereocenters. The van der Waals surface area contributed by atoms with E-state index in [1.54, 1.807) is 15.6 Å². The second kappa shape index (κ2) is 6.77.